The van der Waals surface area contributed by atoms with Crippen molar-refractivity contribution in [2.24, 2.45) is 0 Å². The van der Waals surface area contributed by atoms with Crippen LogP contribution in [0.15, 0.2) is 53.7 Å². The lowest BCUT2D eigenvalue weighted by Crippen LogP contribution is -2.57. The fourth-order valence-corrected chi connectivity index (χ4v) is 4.87. The predicted molar refractivity (Wildman–Crippen MR) is 153 cm³/mol. The van der Waals surface area contributed by atoms with Crippen molar-refractivity contribution in [2.45, 2.75) is 51.4 Å². The summed E-state index contributed by atoms with van der Waals surface area (Å²) < 4.78 is 16.0. The Bertz CT molecular complexity index is 1280. The quantitative estimate of drug-likeness (QED) is 0.246. The number of ether oxygens (including phenoxy) is 3. The fraction of sp³-hybridized carbons (Fsp3) is 0.379. The first-order valence-electron chi connectivity index (χ1n) is 12.6. The van der Waals surface area contributed by atoms with E-state index in [0.717, 1.165) is 17.0 Å². The van der Waals surface area contributed by atoms with Crippen LogP contribution in [0.1, 0.15) is 37.2 Å². The van der Waals surface area contributed by atoms with Crippen molar-refractivity contribution in [3.05, 3.63) is 65.5 Å². The molecule has 208 valence electrons. The smallest absolute Gasteiger partial charge is 0.250 e. The number of aromatic nitrogens is 2. The molecule has 1 N–H and O–H groups in total. The maximum absolute atomic E-state index is 13.8. The lowest BCUT2D eigenvalue weighted by atomic mass is 9.93. The Hall–Kier alpha value is -3.79. The van der Waals surface area contributed by atoms with E-state index >= 15 is 0 Å². The molecule has 1 unspecified atom stereocenters. The average Bonchev–Trinajstić information content (AvgIpc) is 2.94. The van der Waals surface area contributed by atoms with Crippen LogP contribution in [0.3, 0.4) is 0 Å². The number of methoxy groups -OCH3 is 3. The molecule has 0 bridgehead atoms. The Morgan fingerprint density at radius 1 is 0.923 bits per heavy atom. The molecule has 10 heteroatoms. The van der Waals surface area contributed by atoms with Gasteiger partial charge >= 0.3 is 0 Å². The third kappa shape index (κ3) is 7.41. The zero-order chi connectivity index (χ0) is 28.6. The summed E-state index contributed by atoms with van der Waals surface area (Å²) in [5, 5.41) is 3.49. The number of benzene rings is 2. The molecule has 3 aromatic rings. The van der Waals surface area contributed by atoms with E-state index in [1.54, 1.807) is 44.2 Å². The first-order chi connectivity index (χ1) is 18.6. The SMILES string of the molecule is CCC(C)(C(=O)Nc1ccc(OC)cc1OC)N(Cc1ccc(OC)cc1)C(=O)CSc1nc(C)cc(C)n1. The first kappa shape index (κ1) is 29.8. The van der Waals surface area contributed by atoms with Crippen molar-refractivity contribution in [3.8, 4) is 17.2 Å². The second-order valence-corrected chi connectivity index (χ2v) is 10.1. The molecule has 3 rings (SSSR count). The first-order valence-corrected chi connectivity index (χ1v) is 13.5. The van der Waals surface area contributed by atoms with Crippen LogP contribution in [-0.2, 0) is 16.1 Å². The van der Waals surface area contributed by atoms with Gasteiger partial charge in [-0.25, -0.2) is 9.97 Å². The molecule has 0 fully saturated rings. The van der Waals surface area contributed by atoms with Crippen LogP contribution in [0.4, 0.5) is 5.69 Å². The van der Waals surface area contributed by atoms with Crippen LogP contribution < -0.4 is 19.5 Å². The Morgan fingerprint density at radius 2 is 1.54 bits per heavy atom. The van der Waals surface area contributed by atoms with Crippen molar-refractivity contribution in [2.75, 3.05) is 32.4 Å². The number of anilines is 1. The summed E-state index contributed by atoms with van der Waals surface area (Å²) in [7, 11) is 4.68. The minimum absolute atomic E-state index is 0.0772. The summed E-state index contributed by atoms with van der Waals surface area (Å²) in [5.74, 6) is 1.31. The van der Waals surface area contributed by atoms with Crippen LogP contribution in [0.2, 0.25) is 0 Å². The molecule has 0 saturated carbocycles. The Kier molecular flexibility index (Phi) is 10.2. The highest BCUT2D eigenvalue weighted by molar-refractivity contribution is 7.99. The molecule has 0 aliphatic carbocycles. The minimum atomic E-state index is -1.17. The lowest BCUT2D eigenvalue weighted by Gasteiger charge is -2.39. The zero-order valence-electron chi connectivity index (χ0n) is 23.5. The van der Waals surface area contributed by atoms with Gasteiger partial charge in [-0.3, -0.25) is 9.59 Å². The number of nitrogens with zero attached hydrogens (tertiary/aromatic N) is 3. The zero-order valence-corrected chi connectivity index (χ0v) is 24.3. The van der Waals surface area contributed by atoms with E-state index in [0.29, 0.717) is 34.5 Å². The van der Waals surface area contributed by atoms with Gasteiger partial charge in [-0.15, -0.1) is 0 Å². The van der Waals surface area contributed by atoms with Crippen LogP contribution in [0, 0.1) is 13.8 Å². The predicted octanol–water partition coefficient (Wildman–Crippen LogP) is 5.05. The summed E-state index contributed by atoms with van der Waals surface area (Å²) in [6, 6.07) is 14.5. The van der Waals surface area contributed by atoms with E-state index in [1.807, 2.05) is 51.1 Å². The molecule has 1 atom stereocenters. The number of rotatable bonds is 12. The van der Waals surface area contributed by atoms with Crippen LogP contribution in [-0.4, -0.2) is 59.3 Å². The summed E-state index contributed by atoms with van der Waals surface area (Å²) in [4.78, 5) is 38.1. The van der Waals surface area contributed by atoms with Gasteiger partial charge in [0.05, 0.1) is 32.8 Å². The van der Waals surface area contributed by atoms with Crippen LogP contribution in [0.5, 0.6) is 17.2 Å². The van der Waals surface area contributed by atoms with E-state index in [1.165, 1.54) is 18.9 Å². The summed E-state index contributed by atoms with van der Waals surface area (Å²) in [5.41, 5.74) is 1.84. The molecular weight excluding hydrogens is 516 g/mol. The van der Waals surface area contributed by atoms with E-state index in [2.05, 4.69) is 15.3 Å². The number of carbonyl (C=O) groups is 2. The van der Waals surface area contributed by atoms with Gasteiger partial charge in [0.25, 0.3) is 0 Å². The number of aryl methyl sites for hydroxylation is 2. The Labute approximate surface area is 234 Å². The number of hydrogen-bond donors (Lipinski definition) is 1. The largest absolute Gasteiger partial charge is 0.497 e. The molecule has 9 nitrogen and oxygen atoms in total. The minimum Gasteiger partial charge on any atom is -0.497 e. The van der Waals surface area contributed by atoms with Crippen molar-refractivity contribution in [3.63, 3.8) is 0 Å². The highest BCUT2D eigenvalue weighted by Gasteiger charge is 2.41. The average molecular weight is 553 g/mol. The van der Waals surface area contributed by atoms with Gasteiger partial charge in [0.2, 0.25) is 11.8 Å². The molecule has 0 aliphatic heterocycles. The third-order valence-electron chi connectivity index (χ3n) is 6.52. The molecule has 0 aliphatic rings. The van der Waals surface area contributed by atoms with Gasteiger partial charge < -0.3 is 24.4 Å². The topological polar surface area (TPSA) is 103 Å². The van der Waals surface area contributed by atoms with Crippen LogP contribution >= 0.6 is 11.8 Å². The van der Waals surface area contributed by atoms with Crippen molar-refractivity contribution >= 4 is 29.3 Å². The fourth-order valence-electron chi connectivity index (χ4n) is 4.05. The normalized spacial score (nSPS) is 12.3. The van der Waals surface area contributed by atoms with E-state index < -0.39 is 5.54 Å². The summed E-state index contributed by atoms with van der Waals surface area (Å²) in [6.45, 7) is 7.68. The molecule has 1 aromatic heterocycles. The van der Waals surface area contributed by atoms with E-state index in [4.69, 9.17) is 14.2 Å². The highest BCUT2D eigenvalue weighted by Crippen LogP contribution is 2.32. The standard InChI is InChI=1S/C29H36N4O5S/c1-8-29(4,27(35)32-24-14-13-23(37-6)16-25(24)38-7)33(17-21-9-11-22(36-5)12-10-21)26(34)18-39-28-30-19(2)15-20(3)31-28/h9-16H,8,17-18H2,1-7H3,(H,32,35). The van der Waals surface area contributed by atoms with Gasteiger partial charge in [0, 0.05) is 24.0 Å². The van der Waals surface area contributed by atoms with E-state index in [9.17, 15) is 9.59 Å². The summed E-state index contributed by atoms with van der Waals surface area (Å²) in [6.07, 6.45) is 0.379. The number of thioether (sulfide) groups is 1. The molecule has 0 saturated heterocycles. The maximum atomic E-state index is 13.8. The van der Waals surface area contributed by atoms with Gasteiger partial charge in [-0.1, -0.05) is 30.8 Å². The van der Waals surface area contributed by atoms with Crippen molar-refractivity contribution in [1.82, 2.24) is 14.9 Å². The molecule has 1 heterocycles. The lowest BCUT2D eigenvalue weighted by molar-refractivity contribution is -0.143. The number of nitrogens with one attached hydrogen (secondary N) is 1. The Balaban J connectivity index is 1.92. The molecular formula is C29H36N4O5S. The molecule has 0 spiro atoms. The maximum Gasteiger partial charge on any atom is 0.250 e. The van der Waals surface area contributed by atoms with Crippen molar-refractivity contribution in [1.29, 1.82) is 0 Å². The number of amides is 2. The van der Waals surface area contributed by atoms with Gasteiger partial charge in [-0.05, 0) is 63.1 Å². The van der Waals surface area contributed by atoms with Gasteiger partial charge in [0.1, 0.15) is 22.8 Å². The van der Waals surface area contributed by atoms with E-state index in [-0.39, 0.29) is 24.1 Å². The third-order valence-corrected chi connectivity index (χ3v) is 7.35. The number of carbonyl (C=O) groups excluding carboxylic acids is 2. The Morgan fingerprint density at radius 3 is 2.10 bits per heavy atom. The second kappa shape index (κ2) is 13.3. The second-order valence-electron chi connectivity index (χ2n) is 9.20. The molecule has 0 radical (unpaired) electrons. The van der Waals surface area contributed by atoms with Gasteiger partial charge in [0.15, 0.2) is 5.16 Å². The molecule has 2 aromatic carbocycles. The molecule has 2 amide bonds. The monoisotopic (exact) mass is 552 g/mol. The highest BCUT2D eigenvalue weighted by atomic mass is 32.2. The molecule has 39 heavy (non-hydrogen) atoms. The number of hydrogen-bond acceptors (Lipinski definition) is 8. The summed E-state index contributed by atoms with van der Waals surface area (Å²) >= 11 is 1.26. The van der Waals surface area contributed by atoms with Crippen LogP contribution in [0.25, 0.3) is 0 Å². The van der Waals surface area contributed by atoms with Crippen molar-refractivity contribution < 1.29 is 23.8 Å². The van der Waals surface area contributed by atoms with Gasteiger partial charge in [-0.2, -0.15) is 0 Å².